The summed E-state index contributed by atoms with van der Waals surface area (Å²) in [5, 5.41) is 0. The molecule has 0 aromatic heterocycles. The van der Waals surface area contributed by atoms with E-state index < -0.39 is 17.5 Å². The summed E-state index contributed by atoms with van der Waals surface area (Å²) in [4.78, 5) is 26.3. The SMILES string of the molecule is CCCCCCCCCN(CCCCCCCCC)C(=O)OC(=O)C(C)(C)C. The topological polar surface area (TPSA) is 46.6 Å². The largest absolute Gasteiger partial charge is 0.417 e. The van der Waals surface area contributed by atoms with E-state index in [-0.39, 0.29) is 0 Å². The molecule has 0 heterocycles. The molecule has 0 unspecified atom stereocenters. The molecule has 0 aromatic carbocycles. The first-order valence-corrected chi connectivity index (χ1v) is 11.8. The highest BCUT2D eigenvalue weighted by atomic mass is 16.6. The van der Waals surface area contributed by atoms with Gasteiger partial charge in [-0.25, -0.2) is 4.79 Å². The van der Waals surface area contributed by atoms with Crippen molar-refractivity contribution in [3.8, 4) is 0 Å². The zero-order valence-corrected chi connectivity index (χ0v) is 19.5. The Morgan fingerprint density at radius 2 is 1.00 bits per heavy atom. The van der Waals surface area contributed by atoms with Gasteiger partial charge in [0.1, 0.15) is 0 Å². The van der Waals surface area contributed by atoms with Crippen LogP contribution >= 0.6 is 0 Å². The molecule has 0 aliphatic carbocycles. The summed E-state index contributed by atoms with van der Waals surface area (Å²) in [5.41, 5.74) is -0.653. The summed E-state index contributed by atoms with van der Waals surface area (Å²) in [7, 11) is 0. The van der Waals surface area contributed by atoms with Gasteiger partial charge in [-0.3, -0.25) is 4.79 Å². The molecule has 0 aliphatic heterocycles. The summed E-state index contributed by atoms with van der Waals surface area (Å²) in [6.07, 6.45) is 16.5. The maximum absolute atomic E-state index is 12.5. The first-order chi connectivity index (χ1) is 13.3. The molecule has 0 radical (unpaired) electrons. The fraction of sp³-hybridized carbons (Fsp3) is 0.917. The van der Waals surface area contributed by atoms with Crippen molar-refractivity contribution in [3.05, 3.63) is 0 Å². The van der Waals surface area contributed by atoms with Gasteiger partial charge in [-0.05, 0) is 33.6 Å². The Kier molecular flexibility index (Phi) is 16.2. The predicted molar refractivity (Wildman–Crippen MR) is 119 cm³/mol. The van der Waals surface area contributed by atoms with Crippen LogP contribution < -0.4 is 0 Å². The fourth-order valence-corrected chi connectivity index (χ4v) is 3.11. The van der Waals surface area contributed by atoms with E-state index in [1.807, 2.05) is 0 Å². The van der Waals surface area contributed by atoms with Crippen molar-refractivity contribution >= 4 is 12.1 Å². The van der Waals surface area contributed by atoms with Crippen molar-refractivity contribution in [1.82, 2.24) is 4.90 Å². The standard InChI is InChI=1S/C24H47NO3/c1-6-8-10-12-14-16-18-20-25(21-19-17-15-13-11-9-7-2)23(27)28-22(26)24(3,4)5/h6-21H2,1-5H3. The van der Waals surface area contributed by atoms with Gasteiger partial charge in [0.2, 0.25) is 0 Å². The summed E-state index contributed by atoms with van der Waals surface area (Å²) in [6.45, 7) is 11.2. The van der Waals surface area contributed by atoms with Gasteiger partial charge in [-0.15, -0.1) is 0 Å². The molecule has 0 aromatic rings. The van der Waals surface area contributed by atoms with Crippen LogP contribution in [0.4, 0.5) is 4.79 Å². The maximum Gasteiger partial charge on any atom is 0.417 e. The molecular formula is C24H47NO3. The highest BCUT2D eigenvalue weighted by Crippen LogP contribution is 2.17. The van der Waals surface area contributed by atoms with Gasteiger partial charge < -0.3 is 9.64 Å². The van der Waals surface area contributed by atoms with Crippen LogP contribution in [-0.2, 0) is 9.53 Å². The Bertz CT molecular complexity index is 383. The summed E-state index contributed by atoms with van der Waals surface area (Å²) in [5.74, 6) is -0.443. The molecule has 28 heavy (non-hydrogen) atoms. The van der Waals surface area contributed by atoms with Crippen molar-refractivity contribution in [3.63, 3.8) is 0 Å². The van der Waals surface area contributed by atoms with Gasteiger partial charge in [-0.2, -0.15) is 0 Å². The summed E-state index contributed by atoms with van der Waals surface area (Å²) < 4.78 is 5.15. The number of nitrogens with zero attached hydrogens (tertiary/aromatic N) is 1. The van der Waals surface area contributed by atoms with Gasteiger partial charge in [0.05, 0.1) is 5.41 Å². The Balaban J connectivity index is 4.29. The Hall–Kier alpha value is -1.06. The number of esters is 1. The highest BCUT2D eigenvalue weighted by Gasteiger charge is 2.27. The average Bonchev–Trinajstić information content (AvgIpc) is 2.63. The third-order valence-electron chi connectivity index (χ3n) is 5.11. The maximum atomic E-state index is 12.5. The van der Waals surface area contributed by atoms with Gasteiger partial charge >= 0.3 is 12.1 Å². The van der Waals surface area contributed by atoms with E-state index in [4.69, 9.17) is 4.74 Å². The third-order valence-corrected chi connectivity index (χ3v) is 5.11. The number of unbranched alkanes of at least 4 members (excludes halogenated alkanes) is 12. The highest BCUT2D eigenvalue weighted by molar-refractivity contribution is 5.87. The van der Waals surface area contributed by atoms with Crippen LogP contribution in [0.25, 0.3) is 0 Å². The van der Waals surface area contributed by atoms with E-state index in [2.05, 4.69) is 13.8 Å². The van der Waals surface area contributed by atoms with E-state index in [1.54, 1.807) is 25.7 Å². The quantitative estimate of drug-likeness (QED) is 0.154. The lowest BCUT2D eigenvalue weighted by Crippen LogP contribution is -2.37. The molecule has 0 saturated heterocycles. The van der Waals surface area contributed by atoms with Crippen LogP contribution in [0.2, 0.25) is 0 Å². The lowest BCUT2D eigenvalue weighted by Gasteiger charge is -2.24. The minimum atomic E-state index is -0.653. The van der Waals surface area contributed by atoms with Gasteiger partial charge in [0, 0.05) is 13.1 Å². The number of rotatable bonds is 16. The van der Waals surface area contributed by atoms with Crippen molar-refractivity contribution in [1.29, 1.82) is 0 Å². The fourth-order valence-electron chi connectivity index (χ4n) is 3.11. The summed E-state index contributed by atoms with van der Waals surface area (Å²) in [6, 6.07) is 0. The second kappa shape index (κ2) is 16.9. The molecule has 166 valence electrons. The lowest BCUT2D eigenvalue weighted by atomic mass is 9.97. The van der Waals surface area contributed by atoms with Gasteiger partial charge in [-0.1, -0.05) is 90.9 Å². The van der Waals surface area contributed by atoms with E-state index in [1.165, 1.54) is 64.2 Å². The first kappa shape index (κ1) is 26.9. The molecule has 0 fully saturated rings. The zero-order chi connectivity index (χ0) is 21.3. The van der Waals surface area contributed by atoms with Gasteiger partial charge in [0.25, 0.3) is 0 Å². The second-order valence-electron chi connectivity index (χ2n) is 9.14. The molecule has 0 spiro atoms. The van der Waals surface area contributed by atoms with Crippen LogP contribution in [0.15, 0.2) is 0 Å². The van der Waals surface area contributed by atoms with E-state index in [0.717, 1.165) is 25.7 Å². The van der Waals surface area contributed by atoms with Crippen LogP contribution in [0.5, 0.6) is 0 Å². The van der Waals surface area contributed by atoms with E-state index >= 15 is 0 Å². The molecule has 4 heteroatoms. The van der Waals surface area contributed by atoms with Crippen molar-refractivity contribution in [2.45, 2.75) is 125 Å². The van der Waals surface area contributed by atoms with Gasteiger partial charge in [0.15, 0.2) is 0 Å². The average molecular weight is 398 g/mol. The number of carbonyl (C=O) groups excluding carboxylic acids is 2. The smallest absolute Gasteiger partial charge is 0.376 e. The molecule has 0 rings (SSSR count). The minimum absolute atomic E-state index is 0.443. The van der Waals surface area contributed by atoms with Crippen molar-refractivity contribution in [2.24, 2.45) is 5.41 Å². The molecule has 0 bridgehead atoms. The van der Waals surface area contributed by atoms with Crippen LogP contribution in [0.1, 0.15) is 125 Å². The molecule has 4 nitrogen and oxygen atoms in total. The number of amides is 1. The molecule has 1 amide bonds. The number of hydrogen-bond donors (Lipinski definition) is 0. The molecular weight excluding hydrogens is 350 g/mol. The van der Waals surface area contributed by atoms with Crippen LogP contribution in [-0.4, -0.2) is 30.1 Å². The van der Waals surface area contributed by atoms with Crippen LogP contribution in [0, 0.1) is 5.41 Å². The second-order valence-corrected chi connectivity index (χ2v) is 9.14. The molecule has 0 N–H and O–H groups in total. The van der Waals surface area contributed by atoms with Crippen molar-refractivity contribution in [2.75, 3.05) is 13.1 Å². The molecule has 0 atom stereocenters. The minimum Gasteiger partial charge on any atom is -0.376 e. The lowest BCUT2D eigenvalue weighted by molar-refractivity contribution is -0.147. The van der Waals surface area contributed by atoms with Crippen molar-refractivity contribution < 1.29 is 14.3 Å². The Labute approximate surface area is 174 Å². The summed E-state index contributed by atoms with van der Waals surface area (Å²) >= 11 is 0. The molecule has 0 saturated carbocycles. The third kappa shape index (κ3) is 14.9. The Morgan fingerprint density at radius 1 is 0.643 bits per heavy atom. The normalized spacial score (nSPS) is 11.5. The number of ether oxygens (including phenoxy) is 1. The number of carbonyl (C=O) groups is 2. The predicted octanol–water partition coefficient (Wildman–Crippen LogP) is 7.50. The Morgan fingerprint density at radius 3 is 1.36 bits per heavy atom. The van der Waals surface area contributed by atoms with Crippen LogP contribution in [0.3, 0.4) is 0 Å². The van der Waals surface area contributed by atoms with E-state index in [0.29, 0.717) is 13.1 Å². The molecule has 0 aliphatic rings. The number of hydrogen-bond acceptors (Lipinski definition) is 3. The monoisotopic (exact) mass is 397 g/mol. The first-order valence-electron chi connectivity index (χ1n) is 11.8. The zero-order valence-electron chi connectivity index (χ0n) is 19.5. The van der Waals surface area contributed by atoms with E-state index in [9.17, 15) is 9.59 Å².